The Morgan fingerprint density at radius 2 is 2.16 bits per heavy atom. The van der Waals surface area contributed by atoms with Gasteiger partial charge in [0.1, 0.15) is 12.4 Å². The lowest BCUT2D eigenvalue weighted by Crippen LogP contribution is -2.15. The molecule has 0 fully saturated rings. The summed E-state index contributed by atoms with van der Waals surface area (Å²) in [6.45, 7) is 4.41. The van der Waals surface area contributed by atoms with Gasteiger partial charge in [-0.1, -0.05) is 42.5 Å². The van der Waals surface area contributed by atoms with Crippen molar-refractivity contribution in [3.8, 4) is 12.3 Å². The number of aldehydes is 1. The first-order valence-corrected chi connectivity index (χ1v) is 6.47. The minimum Gasteiger partial charge on any atom is -0.366 e. The average Bonchev–Trinajstić information content (AvgIpc) is 2.45. The van der Waals surface area contributed by atoms with E-state index in [2.05, 4.69) is 12.5 Å². The first-order chi connectivity index (χ1) is 9.26. The van der Waals surface area contributed by atoms with Gasteiger partial charge in [0.25, 0.3) is 0 Å². The van der Waals surface area contributed by atoms with E-state index in [1.54, 1.807) is 0 Å². The highest BCUT2D eigenvalue weighted by molar-refractivity contribution is 5.56. The van der Waals surface area contributed by atoms with E-state index < -0.39 is 6.10 Å². The minimum atomic E-state index is -0.418. The topological polar surface area (TPSA) is 26.3 Å². The Labute approximate surface area is 115 Å². The number of terminal acetylenes is 1. The number of hydrogen-bond donors (Lipinski definition) is 0. The van der Waals surface area contributed by atoms with Gasteiger partial charge in [-0.15, -0.1) is 12.3 Å². The summed E-state index contributed by atoms with van der Waals surface area (Å²) in [5.41, 5.74) is 2.08. The zero-order valence-corrected chi connectivity index (χ0v) is 11.2. The Balaban J connectivity index is 2.31. The van der Waals surface area contributed by atoms with Gasteiger partial charge in [-0.2, -0.15) is 0 Å². The molecule has 1 aromatic carbocycles. The quantitative estimate of drug-likeness (QED) is 0.292. The molecule has 0 spiro atoms. The van der Waals surface area contributed by atoms with Gasteiger partial charge in [-0.3, -0.25) is 0 Å². The van der Waals surface area contributed by atoms with Gasteiger partial charge in [0.2, 0.25) is 0 Å². The summed E-state index contributed by atoms with van der Waals surface area (Å²) < 4.78 is 5.59. The third-order valence-electron chi connectivity index (χ3n) is 2.80. The van der Waals surface area contributed by atoms with Crippen LogP contribution < -0.4 is 0 Å². The Hall–Kier alpha value is -1.85. The van der Waals surface area contributed by atoms with Crippen LogP contribution in [0.3, 0.4) is 0 Å². The summed E-state index contributed by atoms with van der Waals surface area (Å²) in [5.74, 6) is 2.60. The second-order valence-corrected chi connectivity index (χ2v) is 4.48. The molecule has 0 radical (unpaired) electrons. The third-order valence-corrected chi connectivity index (χ3v) is 2.80. The summed E-state index contributed by atoms with van der Waals surface area (Å²) in [4.78, 5) is 11.0. The molecule has 100 valence electrons. The van der Waals surface area contributed by atoms with Crippen LogP contribution in [0.5, 0.6) is 0 Å². The molecule has 0 aliphatic rings. The van der Waals surface area contributed by atoms with E-state index in [0.717, 1.165) is 36.7 Å². The van der Waals surface area contributed by atoms with Crippen LogP contribution in [0.1, 0.15) is 31.2 Å². The summed E-state index contributed by atoms with van der Waals surface area (Å²) >= 11 is 0. The van der Waals surface area contributed by atoms with Crippen molar-refractivity contribution in [3.63, 3.8) is 0 Å². The maximum Gasteiger partial charge on any atom is 0.149 e. The first-order valence-electron chi connectivity index (χ1n) is 6.47. The molecule has 1 aromatic rings. The molecule has 2 nitrogen and oxygen atoms in total. The fourth-order valence-electron chi connectivity index (χ4n) is 1.75. The molecule has 1 rings (SSSR count). The number of carbonyl (C=O) groups excluding carboxylic acids is 1. The largest absolute Gasteiger partial charge is 0.366 e. The van der Waals surface area contributed by atoms with Gasteiger partial charge >= 0.3 is 0 Å². The first kappa shape index (κ1) is 15.2. The minimum absolute atomic E-state index is 0.418. The summed E-state index contributed by atoms with van der Waals surface area (Å²) in [7, 11) is 0. The van der Waals surface area contributed by atoms with Gasteiger partial charge < -0.3 is 9.53 Å². The van der Waals surface area contributed by atoms with Crippen molar-refractivity contribution in [3.05, 3.63) is 48.0 Å². The maximum absolute atomic E-state index is 11.0. The molecule has 0 saturated carbocycles. The van der Waals surface area contributed by atoms with Crippen LogP contribution in [0.25, 0.3) is 0 Å². The molecule has 0 amide bonds. The second kappa shape index (κ2) is 9.13. The van der Waals surface area contributed by atoms with Crippen LogP contribution in [-0.2, 0) is 16.1 Å². The molecule has 0 heterocycles. The number of carbonyl (C=O) groups is 1. The highest BCUT2D eigenvalue weighted by Crippen LogP contribution is 2.14. The number of rotatable bonds is 9. The van der Waals surface area contributed by atoms with Crippen LogP contribution in [0.15, 0.2) is 42.5 Å². The molecule has 0 saturated heterocycles. The zero-order valence-electron chi connectivity index (χ0n) is 11.2. The monoisotopic (exact) mass is 256 g/mol. The number of ether oxygens (including phenoxy) is 1. The number of benzene rings is 1. The molecule has 2 heteroatoms. The van der Waals surface area contributed by atoms with Crippen LogP contribution in [0.2, 0.25) is 0 Å². The predicted octanol–water partition coefficient (Wildman–Crippen LogP) is 3.52. The highest BCUT2D eigenvalue weighted by Gasteiger charge is 2.09. The van der Waals surface area contributed by atoms with Crippen molar-refractivity contribution in [2.24, 2.45) is 0 Å². The molecule has 0 aliphatic carbocycles. The molecule has 1 atom stereocenters. The smallest absolute Gasteiger partial charge is 0.149 e. The average molecular weight is 256 g/mol. The lowest BCUT2D eigenvalue weighted by Gasteiger charge is -2.13. The molecular weight excluding hydrogens is 236 g/mol. The van der Waals surface area contributed by atoms with Crippen LogP contribution >= 0.6 is 0 Å². The van der Waals surface area contributed by atoms with Crippen molar-refractivity contribution in [2.45, 2.75) is 38.4 Å². The van der Waals surface area contributed by atoms with E-state index in [-0.39, 0.29) is 0 Å². The predicted molar refractivity (Wildman–Crippen MR) is 77.5 cm³/mol. The SMILES string of the molecule is C#CCCCC(=C)C[C@@H](C=O)OCc1ccccc1. The van der Waals surface area contributed by atoms with E-state index in [1.807, 2.05) is 30.3 Å². The second-order valence-electron chi connectivity index (χ2n) is 4.48. The van der Waals surface area contributed by atoms with Crippen molar-refractivity contribution in [1.29, 1.82) is 0 Å². The Bertz CT molecular complexity index is 428. The van der Waals surface area contributed by atoms with Crippen molar-refractivity contribution < 1.29 is 9.53 Å². The summed E-state index contributed by atoms with van der Waals surface area (Å²) in [6.07, 6.45) is 8.70. The summed E-state index contributed by atoms with van der Waals surface area (Å²) in [5, 5.41) is 0. The van der Waals surface area contributed by atoms with Gasteiger partial charge in [0, 0.05) is 12.8 Å². The van der Waals surface area contributed by atoms with Crippen molar-refractivity contribution in [2.75, 3.05) is 0 Å². The fraction of sp³-hybridized carbons (Fsp3) is 0.353. The molecule has 0 bridgehead atoms. The lowest BCUT2D eigenvalue weighted by atomic mass is 10.0. The van der Waals surface area contributed by atoms with Crippen molar-refractivity contribution >= 4 is 6.29 Å². The standard InChI is InChI=1S/C17H20O2/c1-3-4-6-9-15(2)12-17(13-18)19-14-16-10-7-5-8-11-16/h1,5,7-8,10-11,13,17H,2,4,6,9,12,14H2/t17-/m0/s1. The van der Waals surface area contributed by atoms with Crippen LogP contribution in [0.4, 0.5) is 0 Å². The van der Waals surface area contributed by atoms with Gasteiger partial charge in [0.15, 0.2) is 0 Å². The Morgan fingerprint density at radius 3 is 2.79 bits per heavy atom. The molecule has 0 unspecified atom stereocenters. The van der Waals surface area contributed by atoms with Gasteiger partial charge in [-0.05, 0) is 18.4 Å². The van der Waals surface area contributed by atoms with Crippen LogP contribution in [-0.4, -0.2) is 12.4 Å². The van der Waals surface area contributed by atoms with E-state index >= 15 is 0 Å². The molecule has 0 aliphatic heterocycles. The number of unbranched alkanes of at least 4 members (excludes halogenated alkanes) is 1. The Kier molecular flexibility index (Phi) is 7.31. The molecule has 19 heavy (non-hydrogen) atoms. The van der Waals surface area contributed by atoms with Gasteiger partial charge in [-0.25, -0.2) is 0 Å². The normalized spacial score (nSPS) is 11.5. The molecule has 0 aromatic heterocycles. The lowest BCUT2D eigenvalue weighted by molar-refractivity contribution is -0.118. The Morgan fingerprint density at radius 1 is 1.42 bits per heavy atom. The summed E-state index contributed by atoms with van der Waals surface area (Å²) in [6, 6.07) is 9.81. The van der Waals surface area contributed by atoms with Crippen LogP contribution in [0, 0.1) is 12.3 Å². The van der Waals surface area contributed by atoms with E-state index in [4.69, 9.17) is 11.2 Å². The number of hydrogen-bond acceptors (Lipinski definition) is 2. The van der Waals surface area contributed by atoms with E-state index in [0.29, 0.717) is 13.0 Å². The fourth-order valence-corrected chi connectivity index (χ4v) is 1.75. The van der Waals surface area contributed by atoms with Crippen molar-refractivity contribution in [1.82, 2.24) is 0 Å². The third kappa shape index (κ3) is 6.59. The van der Waals surface area contributed by atoms with E-state index in [9.17, 15) is 4.79 Å². The molecular formula is C17H20O2. The zero-order chi connectivity index (χ0) is 13.9. The van der Waals surface area contributed by atoms with E-state index in [1.165, 1.54) is 0 Å². The van der Waals surface area contributed by atoms with Gasteiger partial charge in [0.05, 0.1) is 6.61 Å². The molecule has 0 N–H and O–H groups in total. The maximum atomic E-state index is 11.0. The highest BCUT2D eigenvalue weighted by atomic mass is 16.5.